The van der Waals surface area contributed by atoms with Crippen molar-refractivity contribution in [1.82, 2.24) is 58.8 Å². The van der Waals surface area contributed by atoms with Gasteiger partial charge >= 0.3 is 0 Å². The summed E-state index contributed by atoms with van der Waals surface area (Å²) in [5.41, 5.74) is 4.67. The molecule has 0 radical (unpaired) electrons. The quantitative estimate of drug-likeness (QED) is 0.232. The second-order valence-corrected chi connectivity index (χ2v) is 35.3. The fourth-order valence-electron chi connectivity index (χ4n) is 20.7. The Bertz CT molecular complexity index is 1640. The first-order valence-electron chi connectivity index (χ1n) is 35.3. The Morgan fingerprint density at radius 1 is 0.214 bits per heavy atom. The van der Waals surface area contributed by atoms with E-state index in [0.29, 0.717) is 0 Å². The van der Waals surface area contributed by atoms with Gasteiger partial charge in [-0.3, -0.25) is 0 Å². The molecule has 12 heteroatoms. The van der Waals surface area contributed by atoms with Crippen LogP contribution in [0.1, 0.15) is 145 Å². The van der Waals surface area contributed by atoms with Crippen LogP contribution < -0.4 is 0 Å². The molecule has 12 saturated heterocycles. The molecule has 0 aromatic heterocycles. The molecule has 12 heterocycles. The van der Waals surface area contributed by atoms with Gasteiger partial charge in [-0.15, -0.1) is 0 Å². The topological polar surface area (TPSA) is 38.9 Å². The monoisotopic (exact) mass is 1180 g/mol. The maximum atomic E-state index is 2.46. The predicted molar refractivity (Wildman–Crippen MR) is 363 cm³/mol. The van der Waals surface area contributed by atoms with Crippen LogP contribution in [0.25, 0.3) is 0 Å². The number of piperidine rings is 2. The molecule has 84 heavy (non-hydrogen) atoms. The van der Waals surface area contributed by atoms with Crippen LogP contribution >= 0.6 is 0 Å². The molecule has 0 bridgehead atoms. The normalized spacial score (nSPS) is 34.7. The summed E-state index contributed by atoms with van der Waals surface area (Å²) in [5.74, 6) is 7.98. The number of hydrogen-bond donors (Lipinski definition) is 0. The average molecular weight is 1180 g/mol. The van der Waals surface area contributed by atoms with Crippen molar-refractivity contribution >= 4 is 0 Å². The third kappa shape index (κ3) is 20.0. The summed E-state index contributed by atoms with van der Waals surface area (Å²) in [6.07, 6.45) is 22.1. The second kappa shape index (κ2) is 30.3. The van der Waals surface area contributed by atoms with Crippen LogP contribution in [0.2, 0.25) is 0 Å². The lowest BCUT2D eigenvalue weighted by Gasteiger charge is -2.58. The van der Waals surface area contributed by atoms with Crippen LogP contribution in [0, 0.1) is 79.8 Å². The van der Waals surface area contributed by atoms with Gasteiger partial charge in [0.1, 0.15) is 0 Å². The van der Waals surface area contributed by atoms with Gasteiger partial charge in [-0.2, -0.15) is 0 Å². The van der Waals surface area contributed by atoms with Crippen molar-refractivity contribution in [2.45, 2.75) is 145 Å². The van der Waals surface area contributed by atoms with Crippen molar-refractivity contribution in [3.05, 3.63) is 0 Å². The molecule has 0 amide bonds. The van der Waals surface area contributed by atoms with E-state index in [1.807, 2.05) is 0 Å². The zero-order valence-electron chi connectivity index (χ0n) is 58.6. The van der Waals surface area contributed by atoms with Gasteiger partial charge in [0.25, 0.3) is 0 Å². The zero-order chi connectivity index (χ0) is 60.1. The summed E-state index contributed by atoms with van der Waals surface area (Å²) in [4.78, 5) is 29.1. The lowest BCUT2D eigenvalue weighted by atomic mass is 9.58. The minimum atomic E-state index is 0. The molecule has 4 aliphatic carbocycles. The Hall–Kier alpha value is -0.480. The Balaban J connectivity index is 0.000000136. The van der Waals surface area contributed by atoms with Crippen LogP contribution in [0.15, 0.2) is 0 Å². The first kappa shape index (κ1) is 71.0. The zero-order valence-corrected chi connectivity index (χ0v) is 58.6. The van der Waals surface area contributed by atoms with Crippen LogP contribution in [0.5, 0.6) is 0 Å². The smallest absolute Gasteiger partial charge is 0.0211 e. The van der Waals surface area contributed by atoms with E-state index in [9.17, 15) is 0 Å². The summed E-state index contributed by atoms with van der Waals surface area (Å²) in [6.45, 7) is 46.3. The largest absolute Gasteiger partial charge is 0.306 e. The van der Waals surface area contributed by atoms with Gasteiger partial charge in [-0.25, -0.2) is 0 Å². The fourth-order valence-corrected chi connectivity index (χ4v) is 20.7. The minimum absolute atomic E-state index is 0. The molecule has 0 aromatic rings. The van der Waals surface area contributed by atoms with E-state index in [1.54, 1.807) is 0 Å². The van der Waals surface area contributed by atoms with Crippen molar-refractivity contribution in [3.8, 4) is 0 Å². The standard InChI is InChI=1S/C10H19N.C9H18N2.C9H17N.C8H16N2.2C8H15N.C7H14N2.C7H15N.C5H11N.CH4/c1-9-3-5-10(6-4-9)7-11(2)8-10;1-10-5-3-9(4-6-10)7-11(2)8-9;1-8-3-4-9(5-8)6-10(2)7-9;1-9-3-7-5-10(2)6-8(7)4-9;2*1-7-3-8(4-7)5-9(2)6-8;1-8-3-7(4-8)5-9(2)6-7;1-7-3-5-8(2)6-4-7;1-5-3-6(2)4-5;/h9H,3-8H2,1-2H3;3-8H2,1-2H3;8H,3-7H2,1-2H3;7-8H,3-6H2,1-2H3;2*7H,3-6H2,1-2H3;3-6H2,1-2H3;7H,3-6H2,1-2H3;5H,3-4H2,1-2H3;1H4. The van der Waals surface area contributed by atoms with E-state index in [4.69, 9.17) is 0 Å². The fraction of sp³-hybridized carbons (Fsp3) is 1.00. The Morgan fingerprint density at radius 2 is 0.476 bits per heavy atom. The Kier molecular flexibility index (Phi) is 25.6. The molecule has 16 fully saturated rings. The van der Waals surface area contributed by atoms with Crippen LogP contribution in [0.3, 0.4) is 0 Å². The third-order valence-electron chi connectivity index (χ3n) is 24.0. The molecule has 492 valence electrons. The summed E-state index contributed by atoms with van der Waals surface area (Å²) in [6, 6.07) is 0. The highest BCUT2D eigenvalue weighted by Crippen LogP contribution is 2.52. The van der Waals surface area contributed by atoms with E-state index >= 15 is 0 Å². The summed E-state index contributed by atoms with van der Waals surface area (Å²) in [5, 5.41) is 0. The predicted octanol–water partition coefficient (Wildman–Crippen LogP) is 9.73. The number of nitrogens with zero attached hydrogens (tertiary/aromatic N) is 12. The van der Waals surface area contributed by atoms with Crippen molar-refractivity contribution in [2.75, 3.05) is 242 Å². The lowest BCUT2D eigenvalue weighted by molar-refractivity contribution is -0.0926. The first-order chi connectivity index (χ1) is 39.0. The van der Waals surface area contributed by atoms with Gasteiger partial charge in [0.2, 0.25) is 0 Å². The first-order valence-corrected chi connectivity index (χ1v) is 35.3. The van der Waals surface area contributed by atoms with Gasteiger partial charge in [0, 0.05) is 136 Å². The van der Waals surface area contributed by atoms with E-state index in [1.165, 1.54) is 253 Å². The van der Waals surface area contributed by atoms with Crippen LogP contribution in [-0.4, -0.2) is 300 Å². The highest BCUT2D eigenvalue weighted by Gasteiger charge is 2.51. The Morgan fingerprint density at radius 3 is 0.762 bits per heavy atom. The molecule has 1 atom stereocenters. The lowest BCUT2D eigenvalue weighted by Crippen LogP contribution is -2.70. The van der Waals surface area contributed by atoms with Crippen LogP contribution in [-0.2, 0) is 0 Å². The summed E-state index contributed by atoms with van der Waals surface area (Å²) >= 11 is 0. The van der Waals surface area contributed by atoms with E-state index in [2.05, 4.69) is 185 Å². The molecular formula is C72H144N12. The highest BCUT2D eigenvalue weighted by atomic mass is 15.3. The number of likely N-dealkylation sites (tertiary alicyclic amines) is 12. The molecule has 12 aliphatic heterocycles. The molecule has 16 aliphatic rings. The molecule has 12 nitrogen and oxygen atoms in total. The maximum Gasteiger partial charge on any atom is 0.0211 e. The molecule has 0 aromatic carbocycles. The van der Waals surface area contributed by atoms with Gasteiger partial charge in [0.15, 0.2) is 0 Å². The van der Waals surface area contributed by atoms with Crippen molar-refractivity contribution in [2.24, 2.45) is 79.8 Å². The van der Waals surface area contributed by atoms with Crippen molar-refractivity contribution in [1.29, 1.82) is 0 Å². The van der Waals surface area contributed by atoms with E-state index < -0.39 is 0 Å². The average Bonchev–Trinajstić information content (AvgIpc) is 2.60. The molecule has 6 spiro atoms. The molecule has 16 rings (SSSR count). The number of rotatable bonds is 0. The summed E-state index contributed by atoms with van der Waals surface area (Å²) in [7, 11) is 26.6. The van der Waals surface area contributed by atoms with Crippen LogP contribution in [0.4, 0.5) is 0 Å². The molecule has 0 N–H and O–H groups in total. The number of hydrogen-bond acceptors (Lipinski definition) is 12. The Labute approximate surface area is 523 Å². The van der Waals surface area contributed by atoms with Gasteiger partial charge in [-0.05, 0) is 262 Å². The number of fused-ring (bicyclic) bond motifs is 1. The van der Waals surface area contributed by atoms with Crippen molar-refractivity contribution < 1.29 is 0 Å². The minimum Gasteiger partial charge on any atom is -0.306 e. The second-order valence-electron chi connectivity index (χ2n) is 35.3. The van der Waals surface area contributed by atoms with Gasteiger partial charge in [0.05, 0.1) is 0 Å². The van der Waals surface area contributed by atoms with E-state index in [-0.39, 0.29) is 7.43 Å². The third-order valence-corrected chi connectivity index (χ3v) is 24.0. The van der Waals surface area contributed by atoms with Crippen molar-refractivity contribution in [3.63, 3.8) is 0 Å². The maximum absolute atomic E-state index is 2.46. The summed E-state index contributed by atoms with van der Waals surface area (Å²) < 4.78 is 0. The molecule has 1 unspecified atom stereocenters. The highest BCUT2D eigenvalue weighted by molar-refractivity contribution is 5.05. The van der Waals surface area contributed by atoms with E-state index in [0.717, 1.165) is 79.8 Å². The van der Waals surface area contributed by atoms with Gasteiger partial charge in [-0.1, -0.05) is 68.2 Å². The molecular weight excluding hydrogens is 1030 g/mol. The molecule has 4 saturated carbocycles. The van der Waals surface area contributed by atoms with Gasteiger partial charge < -0.3 is 58.8 Å². The SMILES string of the molecule is C.CC1CC2(C1)CN(C)C2.CC1CC2(C1)CN(C)C2.CC1CCC2(C1)CN(C)C2.CC1CCC2(CC1)CN(C)C2.CC1CCN(C)CC1.CC1CN(C)C1.CN1CC2(C1)CN(C)C2.CN1CC2CN(C)CC2C1.CN1CCC2(CC1)CN(C)C2.